The van der Waals surface area contributed by atoms with Gasteiger partial charge in [-0.3, -0.25) is 10.1 Å². The lowest BCUT2D eigenvalue weighted by Gasteiger charge is -2.40. The Balaban J connectivity index is 1.73. The lowest BCUT2D eigenvalue weighted by Crippen LogP contribution is -2.50. The molecule has 3 rings (SSSR count). The quantitative estimate of drug-likeness (QED) is 0.847. The number of carbonyl (C=O) groups is 1. The highest BCUT2D eigenvalue weighted by atomic mass is 16.2. The molecule has 2 atom stereocenters. The molecule has 3 fully saturated rings. The summed E-state index contributed by atoms with van der Waals surface area (Å²) in [5.41, 5.74) is 0. The van der Waals surface area contributed by atoms with Gasteiger partial charge in [0.15, 0.2) is 0 Å². The Morgan fingerprint density at radius 1 is 1.16 bits per heavy atom. The first-order chi connectivity index (χ1) is 9.16. The summed E-state index contributed by atoms with van der Waals surface area (Å²) in [5, 5.41) is 3.69. The second kappa shape index (κ2) is 5.43. The van der Waals surface area contributed by atoms with E-state index in [1.807, 2.05) is 0 Å². The van der Waals surface area contributed by atoms with Gasteiger partial charge < -0.3 is 4.90 Å². The van der Waals surface area contributed by atoms with Crippen molar-refractivity contribution < 1.29 is 4.79 Å². The maximum absolute atomic E-state index is 12.7. The van der Waals surface area contributed by atoms with Crippen LogP contribution in [0, 0.1) is 11.8 Å². The van der Waals surface area contributed by atoms with Crippen LogP contribution in [0.4, 0.5) is 0 Å². The summed E-state index contributed by atoms with van der Waals surface area (Å²) in [5.74, 6) is 1.70. The first kappa shape index (κ1) is 13.4. The van der Waals surface area contributed by atoms with Crippen molar-refractivity contribution >= 4 is 5.91 Å². The second-order valence-corrected chi connectivity index (χ2v) is 7.17. The molecule has 2 unspecified atom stereocenters. The molecular weight excluding hydrogens is 236 g/mol. The first-order valence-electron chi connectivity index (χ1n) is 8.25. The molecule has 0 aromatic heterocycles. The monoisotopic (exact) mass is 264 g/mol. The summed E-state index contributed by atoms with van der Waals surface area (Å²) in [4.78, 5) is 15.0. The van der Waals surface area contributed by atoms with Gasteiger partial charge in [0, 0.05) is 6.04 Å². The van der Waals surface area contributed by atoms with Gasteiger partial charge in [-0.1, -0.05) is 26.7 Å². The molecule has 1 aliphatic heterocycles. The van der Waals surface area contributed by atoms with E-state index in [-0.39, 0.29) is 6.04 Å². The van der Waals surface area contributed by atoms with Crippen LogP contribution >= 0.6 is 0 Å². The highest BCUT2D eigenvalue weighted by Crippen LogP contribution is 2.37. The van der Waals surface area contributed by atoms with Crippen molar-refractivity contribution in [3.05, 3.63) is 0 Å². The van der Waals surface area contributed by atoms with Gasteiger partial charge >= 0.3 is 0 Å². The summed E-state index contributed by atoms with van der Waals surface area (Å²) in [6.45, 7) is 4.43. The van der Waals surface area contributed by atoms with Gasteiger partial charge in [0.1, 0.15) is 0 Å². The zero-order valence-electron chi connectivity index (χ0n) is 12.4. The Morgan fingerprint density at radius 3 is 2.37 bits per heavy atom. The fourth-order valence-corrected chi connectivity index (χ4v) is 4.02. The molecule has 1 saturated heterocycles. The lowest BCUT2D eigenvalue weighted by molar-refractivity contribution is -0.135. The van der Waals surface area contributed by atoms with E-state index < -0.39 is 0 Å². The van der Waals surface area contributed by atoms with Crippen LogP contribution < -0.4 is 5.32 Å². The molecule has 1 amide bonds. The van der Waals surface area contributed by atoms with Crippen LogP contribution in [0.3, 0.4) is 0 Å². The van der Waals surface area contributed by atoms with Crippen molar-refractivity contribution in [2.24, 2.45) is 11.8 Å². The van der Waals surface area contributed by atoms with Gasteiger partial charge in [0.25, 0.3) is 0 Å². The minimum Gasteiger partial charge on any atom is -0.323 e. The lowest BCUT2D eigenvalue weighted by atomic mass is 9.89. The molecular formula is C16H28N2O. The molecule has 0 bridgehead atoms. The number of rotatable bonds is 4. The third kappa shape index (κ3) is 2.54. The van der Waals surface area contributed by atoms with Crippen LogP contribution in [-0.4, -0.2) is 29.1 Å². The van der Waals surface area contributed by atoms with Gasteiger partial charge in [-0.2, -0.15) is 0 Å². The van der Waals surface area contributed by atoms with Crippen molar-refractivity contribution in [2.75, 3.05) is 0 Å². The van der Waals surface area contributed by atoms with E-state index in [1.54, 1.807) is 0 Å². The highest BCUT2D eigenvalue weighted by Gasteiger charge is 2.47. The van der Waals surface area contributed by atoms with E-state index in [1.165, 1.54) is 44.9 Å². The van der Waals surface area contributed by atoms with Crippen molar-refractivity contribution in [2.45, 2.75) is 83.5 Å². The molecule has 2 aliphatic carbocycles. The molecule has 1 heterocycles. The van der Waals surface area contributed by atoms with Gasteiger partial charge in [-0.05, 0) is 50.4 Å². The van der Waals surface area contributed by atoms with Crippen molar-refractivity contribution in [1.82, 2.24) is 10.2 Å². The van der Waals surface area contributed by atoms with E-state index in [9.17, 15) is 4.79 Å². The normalized spacial score (nSPS) is 33.4. The Morgan fingerprint density at radius 2 is 1.84 bits per heavy atom. The van der Waals surface area contributed by atoms with Crippen molar-refractivity contribution in [3.63, 3.8) is 0 Å². The average molecular weight is 264 g/mol. The third-order valence-corrected chi connectivity index (χ3v) is 5.25. The standard InChI is InChI=1S/C16H28N2O/c1-11(2)10-14-16(19)18(13-8-5-9-13)15(17-14)12-6-3-4-7-12/h11-15,17H,3-10H2,1-2H3. The van der Waals surface area contributed by atoms with Crippen LogP contribution in [0.2, 0.25) is 0 Å². The van der Waals surface area contributed by atoms with Crippen molar-refractivity contribution in [1.29, 1.82) is 0 Å². The topological polar surface area (TPSA) is 32.3 Å². The Hall–Kier alpha value is -0.570. The molecule has 3 heteroatoms. The zero-order chi connectivity index (χ0) is 13.4. The smallest absolute Gasteiger partial charge is 0.241 e. The molecule has 108 valence electrons. The SMILES string of the molecule is CC(C)CC1NC(C2CCCC2)N(C2CCC2)C1=O. The summed E-state index contributed by atoms with van der Waals surface area (Å²) in [7, 11) is 0. The zero-order valence-corrected chi connectivity index (χ0v) is 12.4. The van der Waals surface area contributed by atoms with Gasteiger partial charge in [-0.15, -0.1) is 0 Å². The van der Waals surface area contributed by atoms with Gasteiger partial charge in [-0.25, -0.2) is 0 Å². The van der Waals surface area contributed by atoms with E-state index >= 15 is 0 Å². The van der Waals surface area contributed by atoms with Crippen molar-refractivity contribution in [3.8, 4) is 0 Å². The minimum absolute atomic E-state index is 0.0891. The summed E-state index contributed by atoms with van der Waals surface area (Å²) in [6, 6.07) is 0.633. The van der Waals surface area contributed by atoms with Gasteiger partial charge in [0.05, 0.1) is 12.2 Å². The maximum Gasteiger partial charge on any atom is 0.241 e. The van der Waals surface area contributed by atoms with Crippen LogP contribution in [0.5, 0.6) is 0 Å². The minimum atomic E-state index is 0.0891. The van der Waals surface area contributed by atoms with Crippen LogP contribution in [-0.2, 0) is 4.79 Å². The van der Waals surface area contributed by atoms with Crippen LogP contribution in [0.25, 0.3) is 0 Å². The van der Waals surface area contributed by atoms with E-state index in [0.717, 1.165) is 6.42 Å². The van der Waals surface area contributed by atoms with Crippen LogP contribution in [0.1, 0.15) is 65.2 Å². The average Bonchev–Trinajstić information content (AvgIpc) is 2.89. The second-order valence-electron chi connectivity index (χ2n) is 7.17. The predicted octanol–water partition coefficient (Wildman–Crippen LogP) is 2.90. The number of amides is 1. The summed E-state index contributed by atoms with van der Waals surface area (Å²) in [6.07, 6.45) is 10.4. The molecule has 1 N–H and O–H groups in total. The molecule has 2 saturated carbocycles. The third-order valence-electron chi connectivity index (χ3n) is 5.25. The molecule has 0 aromatic rings. The summed E-state index contributed by atoms with van der Waals surface area (Å²) < 4.78 is 0. The fourth-order valence-electron chi connectivity index (χ4n) is 4.02. The number of hydrogen-bond donors (Lipinski definition) is 1. The molecule has 0 aromatic carbocycles. The number of carbonyl (C=O) groups excluding carboxylic acids is 1. The Labute approximate surface area is 117 Å². The van der Waals surface area contributed by atoms with E-state index in [2.05, 4.69) is 24.1 Å². The highest BCUT2D eigenvalue weighted by molar-refractivity contribution is 5.84. The molecule has 3 aliphatic rings. The molecule has 0 spiro atoms. The number of nitrogens with one attached hydrogen (secondary N) is 1. The Bertz CT molecular complexity index is 332. The van der Waals surface area contributed by atoms with Gasteiger partial charge in [0.2, 0.25) is 5.91 Å². The Kier molecular flexibility index (Phi) is 3.84. The summed E-state index contributed by atoms with van der Waals surface area (Å²) >= 11 is 0. The largest absolute Gasteiger partial charge is 0.323 e. The molecule has 3 nitrogen and oxygen atoms in total. The number of nitrogens with zero attached hydrogens (tertiary/aromatic N) is 1. The fraction of sp³-hybridized carbons (Fsp3) is 0.938. The molecule has 19 heavy (non-hydrogen) atoms. The maximum atomic E-state index is 12.7. The molecule has 0 radical (unpaired) electrons. The first-order valence-corrected chi connectivity index (χ1v) is 8.25. The van der Waals surface area contributed by atoms with E-state index in [4.69, 9.17) is 0 Å². The van der Waals surface area contributed by atoms with Crippen LogP contribution in [0.15, 0.2) is 0 Å². The van der Waals surface area contributed by atoms with E-state index in [0.29, 0.717) is 30.0 Å². The number of hydrogen-bond acceptors (Lipinski definition) is 2. The predicted molar refractivity (Wildman–Crippen MR) is 76.6 cm³/mol.